The van der Waals surface area contributed by atoms with Gasteiger partial charge in [0.05, 0.1) is 17.2 Å². The molecule has 0 radical (unpaired) electrons. The Morgan fingerprint density at radius 3 is 2.27 bits per heavy atom. The van der Waals surface area contributed by atoms with Crippen LogP contribution in [-0.4, -0.2) is 38.5 Å². The van der Waals surface area contributed by atoms with Crippen molar-refractivity contribution in [2.24, 2.45) is 5.73 Å². The first kappa shape index (κ1) is 25.7. The van der Waals surface area contributed by atoms with Gasteiger partial charge in [0.15, 0.2) is 0 Å². The number of nitrogens with zero attached hydrogens (tertiary/aromatic N) is 1. The number of benzene rings is 3. The molecule has 8 nitrogen and oxygen atoms in total. The van der Waals surface area contributed by atoms with Crippen LogP contribution in [-0.2, 0) is 21.2 Å². The van der Waals surface area contributed by atoms with E-state index in [0.717, 1.165) is 9.87 Å². The normalized spacial score (nSPS) is 10.7. The summed E-state index contributed by atoms with van der Waals surface area (Å²) in [5, 5.41) is 16.7. The fourth-order valence-electron chi connectivity index (χ4n) is 3.02. The molecule has 174 valence electrons. The number of sulfonamides is 1. The Bertz CT molecular complexity index is 1200. The van der Waals surface area contributed by atoms with E-state index in [1.165, 1.54) is 24.3 Å². The maximum Gasteiger partial charge on any atom is 0.324 e. The van der Waals surface area contributed by atoms with Crippen molar-refractivity contribution in [3.8, 4) is 5.75 Å². The summed E-state index contributed by atoms with van der Waals surface area (Å²) in [7, 11) is -4.07. The number of carbonyl (C=O) groups is 1. The predicted octanol–water partition coefficient (Wildman–Crippen LogP) is 3.29. The van der Waals surface area contributed by atoms with E-state index in [-0.39, 0.29) is 28.8 Å². The molecule has 0 atom stereocenters. The number of anilines is 1. The first-order valence-electron chi connectivity index (χ1n) is 9.73. The Kier molecular flexibility index (Phi) is 8.84. The molecule has 3 rings (SSSR count). The lowest BCUT2D eigenvalue weighted by Gasteiger charge is -2.23. The van der Waals surface area contributed by atoms with Crippen molar-refractivity contribution in [2.75, 3.05) is 17.5 Å². The van der Waals surface area contributed by atoms with Crippen LogP contribution in [0.2, 0.25) is 0 Å². The van der Waals surface area contributed by atoms with Gasteiger partial charge in [-0.25, -0.2) is 8.42 Å². The molecule has 3 aromatic rings. The van der Waals surface area contributed by atoms with Gasteiger partial charge in [-0.05, 0) is 29.8 Å². The molecule has 0 fully saturated rings. The molecular weight excluding hydrogens is 466 g/mol. The van der Waals surface area contributed by atoms with E-state index >= 15 is 0 Å². The number of halogens is 1. The lowest BCUT2D eigenvalue weighted by Crippen LogP contribution is -2.35. The summed E-state index contributed by atoms with van der Waals surface area (Å²) in [6.07, 6.45) is 0.587. The average molecular weight is 490 g/mol. The number of amidine groups is 1. The van der Waals surface area contributed by atoms with Gasteiger partial charge >= 0.3 is 5.97 Å². The monoisotopic (exact) mass is 489 g/mol. The van der Waals surface area contributed by atoms with Crippen LogP contribution in [0.3, 0.4) is 0 Å². The minimum Gasteiger partial charge on any atom is -0.493 e. The summed E-state index contributed by atoms with van der Waals surface area (Å²) in [4.78, 5) is 11.4. The number of nitrogen functional groups attached to an aromatic ring is 1. The van der Waals surface area contributed by atoms with Gasteiger partial charge in [0.1, 0.15) is 18.1 Å². The lowest BCUT2D eigenvalue weighted by atomic mass is 10.1. The second-order valence-corrected chi connectivity index (χ2v) is 8.79. The molecule has 0 unspecified atom stereocenters. The van der Waals surface area contributed by atoms with Crippen LogP contribution in [0.15, 0.2) is 83.8 Å². The molecule has 4 N–H and O–H groups in total. The van der Waals surface area contributed by atoms with Crippen LogP contribution in [0.1, 0.15) is 11.1 Å². The molecule has 0 heterocycles. The van der Waals surface area contributed by atoms with Crippen molar-refractivity contribution in [2.45, 2.75) is 11.3 Å². The number of hydrogen-bond donors (Lipinski definition) is 3. The van der Waals surface area contributed by atoms with Crippen LogP contribution >= 0.6 is 12.4 Å². The number of ether oxygens (including phenoxy) is 1. The summed E-state index contributed by atoms with van der Waals surface area (Å²) < 4.78 is 32.7. The number of rotatable bonds is 10. The fourth-order valence-corrected chi connectivity index (χ4v) is 4.45. The highest BCUT2D eigenvalue weighted by atomic mass is 35.5. The van der Waals surface area contributed by atoms with Gasteiger partial charge in [0, 0.05) is 18.1 Å². The largest absolute Gasteiger partial charge is 0.493 e. The van der Waals surface area contributed by atoms with E-state index < -0.39 is 22.5 Å². The Labute approximate surface area is 198 Å². The molecule has 0 aromatic heterocycles. The van der Waals surface area contributed by atoms with Crippen LogP contribution in [0.25, 0.3) is 0 Å². The van der Waals surface area contributed by atoms with Gasteiger partial charge in [-0.2, -0.15) is 0 Å². The first-order chi connectivity index (χ1) is 15.3. The van der Waals surface area contributed by atoms with E-state index in [9.17, 15) is 18.3 Å². The van der Waals surface area contributed by atoms with Crippen LogP contribution in [0, 0.1) is 5.41 Å². The lowest BCUT2D eigenvalue weighted by molar-refractivity contribution is -0.135. The second-order valence-electron chi connectivity index (χ2n) is 6.92. The molecule has 0 bridgehead atoms. The molecule has 0 saturated carbocycles. The highest BCUT2D eigenvalue weighted by Gasteiger charge is 2.27. The minimum absolute atomic E-state index is 0. The van der Waals surface area contributed by atoms with Crippen molar-refractivity contribution in [3.63, 3.8) is 0 Å². The highest BCUT2D eigenvalue weighted by molar-refractivity contribution is 7.92. The molecule has 33 heavy (non-hydrogen) atoms. The Morgan fingerprint density at radius 1 is 1.00 bits per heavy atom. The number of nitrogens with two attached hydrogens (primary N) is 1. The fraction of sp³-hybridized carbons (Fsp3) is 0.130. The molecule has 0 spiro atoms. The molecule has 0 saturated heterocycles. The van der Waals surface area contributed by atoms with E-state index in [4.69, 9.17) is 15.9 Å². The highest BCUT2D eigenvalue weighted by Crippen LogP contribution is 2.27. The molecule has 0 aliphatic heterocycles. The van der Waals surface area contributed by atoms with Crippen molar-refractivity contribution in [1.29, 1.82) is 5.41 Å². The topological polar surface area (TPSA) is 134 Å². The van der Waals surface area contributed by atoms with Crippen molar-refractivity contribution in [3.05, 3.63) is 90.0 Å². The van der Waals surface area contributed by atoms with Gasteiger partial charge < -0.3 is 15.6 Å². The Hall–Kier alpha value is -3.56. The maximum absolute atomic E-state index is 13.1. The smallest absolute Gasteiger partial charge is 0.324 e. The van der Waals surface area contributed by atoms with Crippen molar-refractivity contribution >= 4 is 39.9 Å². The third-order valence-electron chi connectivity index (χ3n) is 4.64. The predicted molar refractivity (Wildman–Crippen MR) is 129 cm³/mol. The molecular formula is C23H24ClN3O5S. The SMILES string of the molecule is Cl.N=C(N)c1ccc(CCOc2cccc(N(CC(=O)O)S(=O)(=O)c3ccccc3)c2)cc1. The maximum atomic E-state index is 13.1. The molecule has 0 aliphatic carbocycles. The average Bonchev–Trinajstić information content (AvgIpc) is 2.78. The molecule has 0 aliphatic rings. The van der Waals surface area contributed by atoms with Crippen LogP contribution in [0.4, 0.5) is 5.69 Å². The third kappa shape index (κ3) is 6.71. The summed E-state index contributed by atoms with van der Waals surface area (Å²) in [5.41, 5.74) is 7.28. The van der Waals surface area contributed by atoms with Gasteiger partial charge in [-0.1, -0.05) is 48.5 Å². The number of aliphatic carboxylic acids is 1. The zero-order valence-electron chi connectivity index (χ0n) is 17.5. The summed E-state index contributed by atoms with van der Waals surface area (Å²) in [6, 6.07) is 21.2. The number of carboxylic acid groups (broad SMARTS) is 1. The minimum atomic E-state index is -4.07. The molecule has 3 aromatic carbocycles. The van der Waals surface area contributed by atoms with E-state index in [1.807, 2.05) is 12.1 Å². The van der Waals surface area contributed by atoms with Gasteiger partial charge in [0.25, 0.3) is 10.0 Å². The van der Waals surface area contributed by atoms with E-state index in [0.29, 0.717) is 24.3 Å². The zero-order chi connectivity index (χ0) is 23.1. The Morgan fingerprint density at radius 2 is 1.67 bits per heavy atom. The van der Waals surface area contributed by atoms with Gasteiger partial charge in [-0.15, -0.1) is 12.4 Å². The van der Waals surface area contributed by atoms with Crippen molar-refractivity contribution in [1.82, 2.24) is 0 Å². The van der Waals surface area contributed by atoms with Gasteiger partial charge in [-0.3, -0.25) is 14.5 Å². The molecule has 0 amide bonds. The Balaban J connectivity index is 0.00000385. The standard InChI is InChI=1S/C23H23N3O5S.ClH/c24-23(25)18-11-9-17(10-12-18)13-14-31-20-6-4-5-19(15-20)26(16-22(27)28)32(29,30)21-7-2-1-3-8-21;/h1-12,15H,13-14,16H2,(H3,24,25)(H,27,28);1H. The quantitative estimate of drug-likeness (QED) is 0.295. The number of carboxylic acids is 1. The number of nitrogens with one attached hydrogen (secondary N) is 1. The zero-order valence-corrected chi connectivity index (χ0v) is 19.2. The second kappa shape index (κ2) is 11.3. The number of hydrogen-bond acceptors (Lipinski definition) is 5. The third-order valence-corrected chi connectivity index (χ3v) is 6.43. The summed E-state index contributed by atoms with van der Waals surface area (Å²) >= 11 is 0. The van der Waals surface area contributed by atoms with E-state index in [1.54, 1.807) is 42.5 Å². The first-order valence-corrected chi connectivity index (χ1v) is 11.2. The van der Waals surface area contributed by atoms with Crippen LogP contribution in [0.5, 0.6) is 5.75 Å². The van der Waals surface area contributed by atoms with Crippen molar-refractivity contribution < 1.29 is 23.1 Å². The summed E-state index contributed by atoms with van der Waals surface area (Å²) in [5.74, 6) is -0.854. The van der Waals surface area contributed by atoms with Gasteiger partial charge in [0.2, 0.25) is 0 Å². The van der Waals surface area contributed by atoms with Crippen LogP contribution < -0.4 is 14.8 Å². The summed E-state index contributed by atoms with van der Waals surface area (Å²) in [6.45, 7) is -0.392. The van der Waals surface area contributed by atoms with E-state index in [2.05, 4.69) is 0 Å². The molecule has 10 heteroatoms.